The van der Waals surface area contributed by atoms with Crippen LogP contribution >= 0.6 is 0 Å². The fourth-order valence-electron chi connectivity index (χ4n) is 2.48. The topological polar surface area (TPSA) is 105 Å². The molecule has 1 aromatic heterocycles. The summed E-state index contributed by atoms with van der Waals surface area (Å²) in [7, 11) is 3.26. The van der Waals surface area contributed by atoms with E-state index in [1.54, 1.807) is 11.8 Å². The number of rotatable bonds is 6. The van der Waals surface area contributed by atoms with Crippen molar-refractivity contribution in [3.05, 3.63) is 17.5 Å². The van der Waals surface area contributed by atoms with Gasteiger partial charge in [0.2, 0.25) is 16.0 Å². The third-order valence-electron chi connectivity index (χ3n) is 4.11. The number of nitrogens with zero attached hydrogens (tertiary/aromatic N) is 4. The predicted molar refractivity (Wildman–Crippen MR) is 94.1 cm³/mol. The first-order chi connectivity index (χ1) is 11.6. The van der Waals surface area contributed by atoms with Crippen LogP contribution in [0.25, 0.3) is 0 Å². The van der Waals surface area contributed by atoms with E-state index in [1.807, 2.05) is 14.1 Å². The van der Waals surface area contributed by atoms with Crippen molar-refractivity contribution in [3.8, 4) is 0 Å². The van der Waals surface area contributed by atoms with Crippen LogP contribution in [0, 0.1) is 12.8 Å². The highest BCUT2D eigenvalue weighted by atomic mass is 32.2. The molecule has 0 aliphatic carbocycles. The van der Waals surface area contributed by atoms with Gasteiger partial charge in [0.05, 0.1) is 36.3 Å². The van der Waals surface area contributed by atoms with Crippen LogP contribution in [0.1, 0.15) is 16.1 Å². The fraction of sp³-hybridized carbons (Fsp3) is 0.667. The lowest BCUT2D eigenvalue weighted by Crippen LogP contribution is -2.43. The summed E-state index contributed by atoms with van der Waals surface area (Å²) in [5.74, 6) is -0.169. The molecule has 1 saturated heterocycles. The molecule has 1 N–H and O–H groups in total. The first-order valence-corrected chi connectivity index (χ1v) is 9.52. The zero-order valence-electron chi connectivity index (χ0n) is 15.2. The highest BCUT2D eigenvalue weighted by Crippen LogP contribution is 2.18. The van der Waals surface area contributed by atoms with Gasteiger partial charge in [0.15, 0.2) is 0 Å². The van der Waals surface area contributed by atoms with Crippen LogP contribution in [0.3, 0.4) is 0 Å². The van der Waals surface area contributed by atoms with Crippen LogP contribution in [0.15, 0.2) is 6.20 Å². The lowest BCUT2D eigenvalue weighted by atomic mass is 10.1. The maximum Gasteiger partial charge on any atom is 0.255 e. The molecule has 0 spiro atoms. The molecule has 25 heavy (non-hydrogen) atoms. The number of aryl methyl sites for hydroxylation is 1. The fourth-order valence-corrected chi connectivity index (χ4v) is 3.65. The van der Waals surface area contributed by atoms with E-state index in [2.05, 4.69) is 15.3 Å². The average molecular weight is 371 g/mol. The van der Waals surface area contributed by atoms with Crippen LogP contribution in [0.2, 0.25) is 0 Å². The number of nitrogens with one attached hydrogen (secondary N) is 1. The summed E-state index contributed by atoms with van der Waals surface area (Å²) in [6.07, 6.45) is 1.48. The van der Waals surface area contributed by atoms with Gasteiger partial charge in [-0.3, -0.25) is 4.79 Å². The molecule has 0 aromatic carbocycles. The Kier molecular flexibility index (Phi) is 5.96. The van der Waals surface area contributed by atoms with Gasteiger partial charge in [-0.25, -0.2) is 22.7 Å². The van der Waals surface area contributed by atoms with E-state index in [0.717, 1.165) is 0 Å². The minimum Gasteiger partial charge on any atom is -0.379 e. The van der Waals surface area contributed by atoms with Gasteiger partial charge in [0.1, 0.15) is 0 Å². The van der Waals surface area contributed by atoms with Gasteiger partial charge in [-0.05, 0) is 6.92 Å². The second-order valence-corrected chi connectivity index (χ2v) is 8.73. The van der Waals surface area contributed by atoms with Crippen molar-refractivity contribution in [1.29, 1.82) is 0 Å². The van der Waals surface area contributed by atoms with E-state index in [4.69, 9.17) is 4.74 Å². The van der Waals surface area contributed by atoms with Gasteiger partial charge >= 0.3 is 0 Å². The molecule has 140 valence electrons. The Bertz CT molecular complexity index is 735. The summed E-state index contributed by atoms with van der Waals surface area (Å²) in [5.41, 5.74) is 0.930. The number of carbonyl (C=O) groups is 1. The van der Waals surface area contributed by atoms with E-state index >= 15 is 0 Å². The molecule has 1 amide bonds. The molecule has 10 heteroatoms. The second kappa shape index (κ2) is 7.63. The van der Waals surface area contributed by atoms with E-state index < -0.39 is 10.0 Å². The molecule has 2 heterocycles. The lowest BCUT2D eigenvalue weighted by molar-refractivity contribution is 0.0924. The van der Waals surface area contributed by atoms with Crippen molar-refractivity contribution in [2.45, 2.75) is 13.0 Å². The third kappa shape index (κ3) is 4.65. The smallest absolute Gasteiger partial charge is 0.255 e. The highest BCUT2D eigenvalue weighted by molar-refractivity contribution is 7.89. The molecular weight excluding hydrogens is 346 g/mol. The average Bonchev–Trinajstić information content (AvgIpc) is 2.92. The SMILES string of the molecule is Cc1nc(N(C)C)ncc1C(=O)N[C@@H]1COC[C@H]1CS(=O)(=O)N(C)C. The van der Waals surface area contributed by atoms with Crippen LogP contribution in [-0.2, 0) is 14.8 Å². The first kappa shape index (κ1) is 19.5. The summed E-state index contributed by atoms with van der Waals surface area (Å²) in [6.45, 7) is 2.32. The van der Waals surface area contributed by atoms with Crippen molar-refractivity contribution < 1.29 is 17.9 Å². The summed E-state index contributed by atoms with van der Waals surface area (Å²) in [6, 6.07) is -0.366. The van der Waals surface area contributed by atoms with Gasteiger partial charge in [-0.1, -0.05) is 0 Å². The summed E-state index contributed by atoms with van der Waals surface area (Å²) < 4.78 is 30.7. The van der Waals surface area contributed by atoms with Crippen molar-refractivity contribution in [2.75, 3.05) is 52.1 Å². The Morgan fingerprint density at radius 2 is 2.00 bits per heavy atom. The number of hydrogen-bond donors (Lipinski definition) is 1. The number of aromatic nitrogens is 2. The molecule has 0 unspecified atom stereocenters. The molecule has 0 radical (unpaired) electrons. The molecule has 2 rings (SSSR count). The molecule has 0 saturated carbocycles. The Labute approximate surface area is 148 Å². The van der Waals surface area contributed by atoms with Crippen LogP contribution in [0.5, 0.6) is 0 Å². The molecular formula is C15H25N5O4S. The largest absolute Gasteiger partial charge is 0.379 e. The van der Waals surface area contributed by atoms with E-state index in [-0.39, 0.29) is 30.2 Å². The summed E-state index contributed by atoms with van der Waals surface area (Å²) in [4.78, 5) is 22.7. The second-order valence-electron chi connectivity index (χ2n) is 6.50. The first-order valence-electron chi connectivity index (χ1n) is 7.91. The molecule has 1 fully saturated rings. The number of amides is 1. The Balaban J connectivity index is 2.09. The zero-order chi connectivity index (χ0) is 18.8. The molecule has 9 nitrogen and oxygen atoms in total. The van der Waals surface area contributed by atoms with Crippen LogP contribution in [0.4, 0.5) is 5.95 Å². The van der Waals surface area contributed by atoms with E-state index in [9.17, 15) is 13.2 Å². The normalized spacial score (nSPS) is 20.7. The maximum absolute atomic E-state index is 12.5. The van der Waals surface area contributed by atoms with Gasteiger partial charge in [0, 0.05) is 40.3 Å². The Morgan fingerprint density at radius 3 is 2.56 bits per heavy atom. The Morgan fingerprint density at radius 1 is 1.32 bits per heavy atom. The third-order valence-corrected chi connectivity index (χ3v) is 6.07. The molecule has 1 aromatic rings. The van der Waals surface area contributed by atoms with Crippen molar-refractivity contribution in [1.82, 2.24) is 19.6 Å². The van der Waals surface area contributed by atoms with Crippen LogP contribution in [-0.4, -0.2) is 81.8 Å². The van der Waals surface area contributed by atoms with Crippen LogP contribution < -0.4 is 10.2 Å². The quantitative estimate of drug-likeness (QED) is 0.718. The standard InChI is InChI=1S/C15H25N5O4S/c1-10-12(6-16-15(17-10)19(2)3)14(21)18-13-8-24-7-11(13)9-25(22,23)20(4)5/h6,11,13H,7-9H2,1-5H3,(H,18,21)/t11-,13+/m0/s1. The molecule has 1 aliphatic rings. The van der Waals surface area contributed by atoms with Gasteiger partial charge < -0.3 is 15.0 Å². The van der Waals surface area contributed by atoms with Gasteiger partial charge in [0.25, 0.3) is 5.91 Å². The number of sulfonamides is 1. The van der Waals surface area contributed by atoms with Gasteiger partial charge in [-0.2, -0.15) is 0 Å². The van der Waals surface area contributed by atoms with Crippen molar-refractivity contribution >= 4 is 21.9 Å². The minimum atomic E-state index is -3.37. The number of anilines is 1. The van der Waals surface area contributed by atoms with Gasteiger partial charge in [-0.15, -0.1) is 0 Å². The molecule has 2 atom stereocenters. The lowest BCUT2D eigenvalue weighted by Gasteiger charge is -2.21. The van der Waals surface area contributed by atoms with Crippen molar-refractivity contribution in [2.24, 2.45) is 5.92 Å². The summed E-state index contributed by atoms with van der Waals surface area (Å²) in [5, 5.41) is 2.86. The molecule has 0 bridgehead atoms. The van der Waals surface area contributed by atoms with E-state index in [0.29, 0.717) is 23.8 Å². The minimum absolute atomic E-state index is 0.0694. The predicted octanol–water partition coefficient (Wildman–Crippen LogP) is -0.513. The zero-order valence-corrected chi connectivity index (χ0v) is 16.0. The van der Waals surface area contributed by atoms with E-state index in [1.165, 1.54) is 24.6 Å². The monoisotopic (exact) mass is 371 g/mol. The highest BCUT2D eigenvalue weighted by Gasteiger charge is 2.34. The molecule has 1 aliphatic heterocycles. The maximum atomic E-state index is 12.5. The summed E-state index contributed by atoms with van der Waals surface area (Å²) >= 11 is 0. The number of hydrogen-bond acceptors (Lipinski definition) is 7. The number of ether oxygens (including phenoxy) is 1. The Hall–Kier alpha value is -1.78. The van der Waals surface area contributed by atoms with Crippen molar-refractivity contribution in [3.63, 3.8) is 0 Å². The number of carbonyl (C=O) groups excluding carboxylic acids is 1.